The zero-order valence-electron chi connectivity index (χ0n) is 13.3. The standard InChI is InChI=1S/C18H16Cl2N2O2S/c19-15-6-7-17(16(20)12-15)25(23,24)22-10-8-18(13-21,9-11-22)14-4-2-1-3-5-14/h1-7,12H,8-11H2. The predicted molar refractivity (Wildman–Crippen MR) is 98.2 cm³/mol. The van der Waals surface area contributed by atoms with Crippen LogP contribution in [0.2, 0.25) is 10.0 Å². The molecule has 3 rings (SSSR count). The van der Waals surface area contributed by atoms with Gasteiger partial charge in [-0.15, -0.1) is 0 Å². The molecule has 2 aromatic rings. The molecule has 0 radical (unpaired) electrons. The van der Waals surface area contributed by atoms with Gasteiger partial charge in [0.2, 0.25) is 10.0 Å². The summed E-state index contributed by atoms with van der Waals surface area (Å²) in [7, 11) is -3.72. The summed E-state index contributed by atoms with van der Waals surface area (Å²) in [6.07, 6.45) is 0.885. The van der Waals surface area contributed by atoms with Gasteiger partial charge in [0.05, 0.1) is 16.5 Å². The van der Waals surface area contributed by atoms with Gasteiger partial charge in [-0.3, -0.25) is 0 Å². The Balaban J connectivity index is 1.85. The maximum Gasteiger partial charge on any atom is 0.244 e. The number of rotatable bonds is 3. The second-order valence-corrected chi connectivity index (χ2v) is 8.79. The van der Waals surface area contributed by atoms with E-state index >= 15 is 0 Å². The second-order valence-electron chi connectivity index (χ2n) is 6.04. The Morgan fingerprint density at radius 2 is 1.68 bits per heavy atom. The van der Waals surface area contributed by atoms with E-state index in [1.807, 2.05) is 30.3 Å². The lowest BCUT2D eigenvalue weighted by Gasteiger charge is -2.37. The van der Waals surface area contributed by atoms with Crippen molar-refractivity contribution in [3.05, 3.63) is 64.1 Å². The molecule has 0 aliphatic carbocycles. The lowest BCUT2D eigenvalue weighted by molar-refractivity contribution is 0.277. The lowest BCUT2D eigenvalue weighted by Crippen LogP contribution is -2.44. The summed E-state index contributed by atoms with van der Waals surface area (Å²) in [5.41, 5.74) is 0.274. The average molecular weight is 395 g/mol. The SMILES string of the molecule is N#CC1(c2ccccc2)CCN(S(=O)(=O)c2ccc(Cl)cc2Cl)CC1. The molecule has 1 aliphatic rings. The van der Waals surface area contributed by atoms with Gasteiger partial charge in [0.1, 0.15) is 4.90 Å². The maximum absolute atomic E-state index is 12.9. The van der Waals surface area contributed by atoms with Crippen molar-refractivity contribution in [1.29, 1.82) is 5.26 Å². The number of benzene rings is 2. The van der Waals surface area contributed by atoms with Crippen LogP contribution in [0.3, 0.4) is 0 Å². The fourth-order valence-electron chi connectivity index (χ4n) is 3.15. The summed E-state index contributed by atoms with van der Waals surface area (Å²) in [6, 6.07) is 16.3. The molecule has 4 nitrogen and oxygen atoms in total. The van der Waals surface area contributed by atoms with Crippen molar-refractivity contribution < 1.29 is 8.42 Å². The first-order valence-electron chi connectivity index (χ1n) is 7.81. The van der Waals surface area contributed by atoms with Gasteiger partial charge in [-0.2, -0.15) is 9.57 Å². The van der Waals surface area contributed by atoms with E-state index in [0.29, 0.717) is 17.9 Å². The van der Waals surface area contributed by atoms with E-state index in [2.05, 4.69) is 6.07 Å². The normalized spacial score (nSPS) is 17.8. The Morgan fingerprint density at radius 1 is 1.04 bits per heavy atom. The van der Waals surface area contributed by atoms with Crippen LogP contribution in [-0.2, 0) is 15.4 Å². The van der Waals surface area contributed by atoms with Crippen LogP contribution in [0.4, 0.5) is 0 Å². The van der Waals surface area contributed by atoms with E-state index < -0.39 is 15.4 Å². The minimum absolute atomic E-state index is 0.0442. The van der Waals surface area contributed by atoms with Crippen LogP contribution >= 0.6 is 23.2 Å². The van der Waals surface area contributed by atoms with Crippen LogP contribution < -0.4 is 0 Å². The first kappa shape index (κ1) is 18.2. The van der Waals surface area contributed by atoms with Crippen LogP contribution in [0.25, 0.3) is 0 Å². The minimum Gasteiger partial charge on any atom is -0.207 e. The molecule has 7 heteroatoms. The molecule has 0 bridgehead atoms. The molecule has 1 heterocycles. The van der Waals surface area contributed by atoms with E-state index in [0.717, 1.165) is 5.56 Å². The van der Waals surface area contributed by atoms with Gasteiger partial charge in [0.25, 0.3) is 0 Å². The van der Waals surface area contributed by atoms with Gasteiger partial charge in [-0.25, -0.2) is 8.42 Å². The molecule has 130 valence electrons. The van der Waals surface area contributed by atoms with Gasteiger partial charge in [-0.05, 0) is 36.6 Å². The number of nitriles is 1. The van der Waals surface area contributed by atoms with E-state index in [-0.39, 0.29) is 23.0 Å². The molecule has 1 saturated heterocycles. The molecule has 0 aromatic heterocycles. The Bertz CT molecular complexity index is 916. The van der Waals surface area contributed by atoms with Crippen molar-refractivity contribution in [3.8, 4) is 6.07 Å². The summed E-state index contributed by atoms with van der Waals surface area (Å²) in [6.45, 7) is 0.535. The molecule has 0 amide bonds. The summed E-state index contributed by atoms with van der Waals surface area (Å²) in [4.78, 5) is 0.0442. The fourth-order valence-corrected chi connectivity index (χ4v) is 5.34. The van der Waals surface area contributed by atoms with Gasteiger partial charge in [0, 0.05) is 18.1 Å². The number of sulfonamides is 1. The molecule has 1 aliphatic heterocycles. The number of piperidine rings is 1. The Labute approximate surface area is 157 Å². The average Bonchev–Trinajstić information content (AvgIpc) is 2.62. The van der Waals surface area contributed by atoms with Gasteiger partial charge < -0.3 is 0 Å². The highest BCUT2D eigenvalue weighted by Gasteiger charge is 2.40. The number of hydrogen-bond acceptors (Lipinski definition) is 3. The molecule has 0 saturated carbocycles. The van der Waals surface area contributed by atoms with E-state index in [1.165, 1.54) is 22.5 Å². The number of nitrogens with zero attached hydrogens (tertiary/aromatic N) is 2. The van der Waals surface area contributed by atoms with Crippen molar-refractivity contribution in [3.63, 3.8) is 0 Å². The third-order valence-electron chi connectivity index (χ3n) is 4.63. The lowest BCUT2D eigenvalue weighted by atomic mass is 9.74. The molecular formula is C18H16Cl2N2O2S. The molecular weight excluding hydrogens is 379 g/mol. The van der Waals surface area contributed by atoms with E-state index in [4.69, 9.17) is 23.2 Å². The van der Waals surface area contributed by atoms with Crippen molar-refractivity contribution in [1.82, 2.24) is 4.31 Å². The molecule has 25 heavy (non-hydrogen) atoms. The number of hydrogen-bond donors (Lipinski definition) is 0. The predicted octanol–water partition coefficient (Wildman–Crippen LogP) is 4.24. The van der Waals surface area contributed by atoms with Crippen molar-refractivity contribution >= 4 is 33.2 Å². The quantitative estimate of drug-likeness (QED) is 0.781. The molecule has 0 N–H and O–H groups in total. The largest absolute Gasteiger partial charge is 0.244 e. The molecule has 1 fully saturated rings. The smallest absolute Gasteiger partial charge is 0.207 e. The van der Waals surface area contributed by atoms with Crippen LogP contribution in [0, 0.1) is 11.3 Å². The summed E-state index contributed by atoms with van der Waals surface area (Å²) in [5, 5.41) is 10.2. The summed E-state index contributed by atoms with van der Waals surface area (Å²) < 4.78 is 27.1. The Morgan fingerprint density at radius 3 is 2.24 bits per heavy atom. The monoisotopic (exact) mass is 394 g/mol. The van der Waals surface area contributed by atoms with Crippen molar-refractivity contribution in [2.24, 2.45) is 0 Å². The first-order valence-corrected chi connectivity index (χ1v) is 10.0. The van der Waals surface area contributed by atoms with Crippen molar-refractivity contribution in [2.75, 3.05) is 13.1 Å². The maximum atomic E-state index is 12.9. The fraction of sp³-hybridized carbons (Fsp3) is 0.278. The third kappa shape index (κ3) is 3.40. The van der Waals surface area contributed by atoms with Crippen LogP contribution in [0.5, 0.6) is 0 Å². The van der Waals surface area contributed by atoms with E-state index in [9.17, 15) is 13.7 Å². The number of halogens is 2. The second kappa shape index (κ2) is 6.97. The summed E-state index contributed by atoms with van der Waals surface area (Å²) in [5.74, 6) is 0. The van der Waals surface area contributed by atoms with Crippen LogP contribution in [-0.4, -0.2) is 25.8 Å². The van der Waals surface area contributed by atoms with Gasteiger partial charge in [-0.1, -0.05) is 53.5 Å². The van der Waals surface area contributed by atoms with Gasteiger partial charge in [0.15, 0.2) is 0 Å². The van der Waals surface area contributed by atoms with Gasteiger partial charge >= 0.3 is 0 Å². The molecule has 0 spiro atoms. The third-order valence-corrected chi connectivity index (χ3v) is 7.24. The zero-order valence-corrected chi connectivity index (χ0v) is 15.7. The van der Waals surface area contributed by atoms with E-state index in [1.54, 1.807) is 0 Å². The highest BCUT2D eigenvalue weighted by atomic mass is 35.5. The molecule has 0 unspecified atom stereocenters. The molecule has 2 aromatic carbocycles. The zero-order chi connectivity index (χ0) is 18.1. The van der Waals surface area contributed by atoms with Crippen LogP contribution in [0.15, 0.2) is 53.4 Å². The summed E-state index contributed by atoms with van der Waals surface area (Å²) >= 11 is 11.9. The Kier molecular flexibility index (Phi) is 5.08. The van der Waals surface area contributed by atoms with Crippen molar-refractivity contribution in [2.45, 2.75) is 23.2 Å². The van der Waals surface area contributed by atoms with Crippen LogP contribution in [0.1, 0.15) is 18.4 Å². The molecule has 0 atom stereocenters. The Hall–Kier alpha value is -1.58. The minimum atomic E-state index is -3.72. The highest BCUT2D eigenvalue weighted by molar-refractivity contribution is 7.89. The highest BCUT2D eigenvalue weighted by Crippen LogP contribution is 2.37. The first-order chi connectivity index (χ1) is 11.9. The topological polar surface area (TPSA) is 61.2 Å².